The van der Waals surface area contributed by atoms with Gasteiger partial charge in [0.25, 0.3) is 0 Å². The molecule has 2 aliphatic rings. The van der Waals surface area contributed by atoms with E-state index < -0.39 is 12.0 Å². The summed E-state index contributed by atoms with van der Waals surface area (Å²) in [7, 11) is 0. The molecule has 1 amide bonds. The minimum atomic E-state index is -0.968. The summed E-state index contributed by atoms with van der Waals surface area (Å²) in [6, 6.07) is -0.645. The Morgan fingerprint density at radius 1 is 1.33 bits per heavy atom. The molecule has 1 aliphatic heterocycles. The maximum absolute atomic E-state index is 12.7. The fraction of sp³-hybridized carbons (Fsp3) is 0.643. The molecular weight excluding hydrogens is 272 g/mol. The second kappa shape index (κ2) is 5.48. The zero-order valence-electron chi connectivity index (χ0n) is 11.8. The van der Waals surface area contributed by atoms with Crippen molar-refractivity contribution < 1.29 is 14.7 Å². The van der Waals surface area contributed by atoms with Gasteiger partial charge in [0.05, 0.1) is 24.3 Å². The Hall–Kier alpha value is -1.89. The lowest BCUT2D eigenvalue weighted by molar-refractivity contribution is -0.154. The van der Waals surface area contributed by atoms with Crippen molar-refractivity contribution in [3.8, 4) is 0 Å². The number of aliphatic carboxylic acids is 1. The van der Waals surface area contributed by atoms with Crippen LogP contribution in [0.2, 0.25) is 0 Å². The lowest BCUT2D eigenvalue weighted by Crippen LogP contribution is -2.51. The van der Waals surface area contributed by atoms with E-state index in [2.05, 4.69) is 9.97 Å². The van der Waals surface area contributed by atoms with Crippen molar-refractivity contribution >= 4 is 11.9 Å². The van der Waals surface area contributed by atoms with Gasteiger partial charge in [0.15, 0.2) is 0 Å². The van der Waals surface area contributed by atoms with Gasteiger partial charge in [-0.05, 0) is 25.7 Å². The van der Waals surface area contributed by atoms with E-state index in [1.165, 1.54) is 4.90 Å². The first kappa shape index (κ1) is 14.1. The van der Waals surface area contributed by atoms with Gasteiger partial charge in [0.1, 0.15) is 6.04 Å². The molecule has 0 saturated heterocycles. The molecular formula is C14H20N4O3. The van der Waals surface area contributed by atoms with Crippen LogP contribution in [-0.4, -0.2) is 43.9 Å². The molecule has 0 aromatic carbocycles. The van der Waals surface area contributed by atoms with Crippen LogP contribution in [0.3, 0.4) is 0 Å². The van der Waals surface area contributed by atoms with Crippen molar-refractivity contribution in [1.29, 1.82) is 0 Å². The lowest BCUT2D eigenvalue weighted by atomic mass is 9.85. The third-order valence-corrected chi connectivity index (χ3v) is 4.59. The standard InChI is InChI=1S/C14H20N4O3/c15-9-3-1-8(2-4-9)13(19)18-6-11-10(16-7-17-11)5-12(18)14(20)21/h7-9,12H,1-6,15H2,(H,16,17)(H,20,21). The first-order valence-electron chi connectivity index (χ1n) is 7.36. The van der Waals surface area contributed by atoms with E-state index in [1.54, 1.807) is 6.33 Å². The fourth-order valence-corrected chi connectivity index (χ4v) is 3.29. The number of hydrogen-bond donors (Lipinski definition) is 3. The number of aromatic amines is 1. The maximum atomic E-state index is 12.7. The van der Waals surface area contributed by atoms with E-state index in [0.717, 1.165) is 37.1 Å². The molecule has 2 heterocycles. The summed E-state index contributed by atoms with van der Waals surface area (Å²) < 4.78 is 0. The van der Waals surface area contributed by atoms with E-state index >= 15 is 0 Å². The molecule has 1 saturated carbocycles. The molecule has 1 aromatic heterocycles. The molecule has 7 heteroatoms. The van der Waals surface area contributed by atoms with Gasteiger partial charge in [-0.25, -0.2) is 9.78 Å². The maximum Gasteiger partial charge on any atom is 0.326 e. The topological polar surface area (TPSA) is 112 Å². The number of amides is 1. The Morgan fingerprint density at radius 3 is 2.71 bits per heavy atom. The molecule has 3 rings (SSSR count). The quantitative estimate of drug-likeness (QED) is 0.724. The summed E-state index contributed by atoms with van der Waals surface area (Å²) >= 11 is 0. The Kier molecular flexibility index (Phi) is 3.67. The van der Waals surface area contributed by atoms with E-state index in [4.69, 9.17) is 5.73 Å². The van der Waals surface area contributed by atoms with Crippen molar-refractivity contribution in [2.75, 3.05) is 0 Å². The van der Waals surface area contributed by atoms with E-state index in [1.807, 2.05) is 0 Å². The van der Waals surface area contributed by atoms with Crippen molar-refractivity contribution in [3.63, 3.8) is 0 Å². The Balaban J connectivity index is 1.79. The molecule has 0 spiro atoms. The second-order valence-corrected chi connectivity index (χ2v) is 5.96. The number of nitrogens with two attached hydrogens (primary N) is 1. The molecule has 7 nitrogen and oxygen atoms in total. The van der Waals surface area contributed by atoms with Crippen LogP contribution < -0.4 is 5.73 Å². The number of nitrogens with zero attached hydrogens (tertiary/aromatic N) is 2. The monoisotopic (exact) mass is 292 g/mol. The number of imidazole rings is 1. The van der Waals surface area contributed by atoms with Crippen LogP contribution in [0.5, 0.6) is 0 Å². The van der Waals surface area contributed by atoms with E-state index in [-0.39, 0.29) is 24.3 Å². The minimum Gasteiger partial charge on any atom is -0.480 e. The van der Waals surface area contributed by atoms with Crippen LogP contribution in [0.25, 0.3) is 0 Å². The van der Waals surface area contributed by atoms with Crippen LogP contribution >= 0.6 is 0 Å². The molecule has 114 valence electrons. The number of carbonyl (C=O) groups is 2. The van der Waals surface area contributed by atoms with Crippen molar-refractivity contribution in [2.24, 2.45) is 11.7 Å². The number of carboxylic acid groups (broad SMARTS) is 1. The predicted octanol–water partition coefficient (Wildman–Crippen LogP) is 0.265. The molecule has 4 N–H and O–H groups in total. The summed E-state index contributed by atoms with van der Waals surface area (Å²) in [5, 5.41) is 9.41. The first-order valence-corrected chi connectivity index (χ1v) is 7.36. The summed E-state index contributed by atoms with van der Waals surface area (Å²) in [6.07, 6.45) is 4.98. The molecule has 1 aromatic rings. The van der Waals surface area contributed by atoms with Gasteiger partial charge in [-0.2, -0.15) is 0 Å². The van der Waals surface area contributed by atoms with Gasteiger partial charge in [0, 0.05) is 18.4 Å². The number of carboxylic acids is 1. The summed E-state index contributed by atoms with van der Waals surface area (Å²) in [6.45, 7) is 0.299. The highest BCUT2D eigenvalue weighted by Crippen LogP contribution is 2.29. The highest BCUT2D eigenvalue weighted by atomic mass is 16.4. The van der Waals surface area contributed by atoms with Gasteiger partial charge in [-0.1, -0.05) is 0 Å². The van der Waals surface area contributed by atoms with Crippen LogP contribution in [0, 0.1) is 5.92 Å². The Bertz CT molecular complexity index is 548. The summed E-state index contributed by atoms with van der Waals surface area (Å²) in [5.74, 6) is -1.13. The number of carbonyl (C=O) groups excluding carboxylic acids is 1. The normalized spacial score (nSPS) is 29.0. The minimum absolute atomic E-state index is 0.0606. The number of rotatable bonds is 2. The number of aromatic nitrogens is 2. The molecule has 0 radical (unpaired) electrons. The van der Waals surface area contributed by atoms with Gasteiger partial charge >= 0.3 is 5.97 Å². The van der Waals surface area contributed by atoms with Gasteiger partial charge < -0.3 is 20.7 Å². The molecule has 1 atom stereocenters. The molecule has 1 aliphatic carbocycles. The smallest absolute Gasteiger partial charge is 0.326 e. The van der Waals surface area contributed by atoms with Crippen LogP contribution in [-0.2, 0) is 22.6 Å². The van der Waals surface area contributed by atoms with Crippen molar-refractivity contribution in [2.45, 2.75) is 50.7 Å². The van der Waals surface area contributed by atoms with Crippen LogP contribution in [0.15, 0.2) is 6.33 Å². The highest BCUT2D eigenvalue weighted by Gasteiger charge is 2.39. The van der Waals surface area contributed by atoms with Crippen LogP contribution in [0.4, 0.5) is 0 Å². The van der Waals surface area contributed by atoms with Gasteiger partial charge in [-0.3, -0.25) is 4.79 Å². The predicted molar refractivity (Wildman–Crippen MR) is 74.2 cm³/mol. The number of fused-ring (bicyclic) bond motifs is 1. The molecule has 1 fully saturated rings. The van der Waals surface area contributed by atoms with Crippen LogP contribution in [0.1, 0.15) is 37.1 Å². The summed E-state index contributed by atoms with van der Waals surface area (Å²) in [5.41, 5.74) is 7.46. The number of H-pyrrole nitrogens is 1. The zero-order valence-corrected chi connectivity index (χ0v) is 11.8. The molecule has 1 unspecified atom stereocenters. The molecule has 21 heavy (non-hydrogen) atoms. The SMILES string of the molecule is NC1CCC(C(=O)N2Cc3[nH]cnc3CC2C(=O)O)CC1. The molecule has 0 bridgehead atoms. The highest BCUT2D eigenvalue weighted by molar-refractivity contribution is 5.85. The number of nitrogens with one attached hydrogen (secondary N) is 1. The number of hydrogen-bond acceptors (Lipinski definition) is 4. The fourth-order valence-electron chi connectivity index (χ4n) is 3.29. The van der Waals surface area contributed by atoms with Crippen molar-refractivity contribution in [1.82, 2.24) is 14.9 Å². The average Bonchev–Trinajstić information content (AvgIpc) is 2.93. The first-order chi connectivity index (χ1) is 10.1. The van der Waals surface area contributed by atoms with Gasteiger partial charge in [-0.15, -0.1) is 0 Å². The average molecular weight is 292 g/mol. The Labute approximate surface area is 122 Å². The Morgan fingerprint density at radius 2 is 2.05 bits per heavy atom. The third kappa shape index (κ3) is 2.65. The van der Waals surface area contributed by atoms with Gasteiger partial charge in [0.2, 0.25) is 5.91 Å². The third-order valence-electron chi connectivity index (χ3n) is 4.59. The second-order valence-electron chi connectivity index (χ2n) is 5.96. The zero-order chi connectivity index (χ0) is 15.0. The summed E-state index contributed by atoms with van der Waals surface area (Å²) in [4.78, 5) is 32.8. The largest absolute Gasteiger partial charge is 0.480 e. The van der Waals surface area contributed by atoms with E-state index in [9.17, 15) is 14.7 Å². The lowest BCUT2D eigenvalue weighted by Gasteiger charge is -2.36. The van der Waals surface area contributed by atoms with E-state index in [0.29, 0.717) is 6.54 Å². The van der Waals surface area contributed by atoms with Crippen molar-refractivity contribution in [3.05, 3.63) is 17.7 Å².